The molecule has 1 aliphatic heterocycles. The molecule has 1 aromatic heterocycles. The first-order chi connectivity index (χ1) is 9.33. The van der Waals surface area contributed by atoms with E-state index in [0.29, 0.717) is 24.2 Å². The summed E-state index contributed by atoms with van der Waals surface area (Å²) in [5, 5.41) is 3.92. The van der Waals surface area contributed by atoms with Gasteiger partial charge in [0.2, 0.25) is 5.82 Å². The number of hydrogen-bond donors (Lipinski definition) is 0. The fraction of sp³-hybridized carbons (Fsp3) is 0.429. The lowest BCUT2D eigenvalue weighted by molar-refractivity contribution is 0.0661. The molecule has 100 valence electrons. The Kier molecular flexibility index (Phi) is 3.46. The Bertz CT molecular complexity index is 526. The number of nitrogens with zero attached hydrogens (tertiary/aromatic N) is 2. The van der Waals surface area contributed by atoms with Crippen molar-refractivity contribution in [2.24, 2.45) is 5.92 Å². The van der Waals surface area contributed by atoms with Crippen LogP contribution in [0.25, 0.3) is 0 Å². The lowest BCUT2D eigenvalue weighted by atomic mass is 10.0. The molecule has 19 heavy (non-hydrogen) atoms. The van der Waals surface area contributed by atoms with Gasteiger partial charge in [-0.1, -0.05) is 30.3 Å². The number of hydrogen-bond acceptors (Lipinski definition) is 5. The monoisotopic (exact) mass is 260 g/mol. The topological polar surface area (TPSA) is 57.4 Å². The van der Waals surface area contributed by atoms with Gasteiger partial charge in [0, 0.05) is 6.61 Å². The van der Waals surface area contributed by atoms with Crippen LogP contribution in [-0.2, 0) is 11.3 Å². The Balaban J connectivity index is 1.62. The summed E-state index contributed by atoms with van der Waals surface area (Å²) in [6, 6.07) is 9.57. The van der Waals surface area contributed by atoms with E-state index < -0.39 is 0 Å². The number of ether oxygens (including phenoxy) is 2. The van der Waals surface area contributed by atoms with Gasteiger partial charge in [-0.05, 0) is 24.5 Å². The second-order valence-electron chi connectivity index (χ2n) is 4.71. The average molecular weight is 260 g/mol. The predicted molar refractivity (Wildman–Crippen MR) is 67.5 cm³/mol. The zero-order valence-corrected chi connectivity index (χ0v) is 10.8. The average Bonchev–Trinajstić information content (AvgIpc) is 3.06. The number of para-hydroxylation sites is 1. The van der Waals surface area contributed by atoms with Crippen molar-refractivity contribution in [2.45, 2.75) is 26.1 Å². The Hall–Kier alpha value is -1.88. The van der Waals surface area contributed by atoms with E-state index in [-0.39, 0.29) is 6.10 Å². The van der Waals surface area contributed by atoms with Crippen molar-refractivity contribution in [3.8, 4) is 5.75 Å². The fourth-order valence-electron chi connectivity index (χ4n) is 2.12. The van der Waals surface area contributed by atoms with Crippen LogP contribution in [0.2, 0.25) is 0 Å². The van der Waals surface area contributed by atoms with Gasteiger partial charge in [-0.25, -0.2) is 0 Å². The Labute approximate surface area is 111 Å². The van der Waals surface area contributed by atoms with Gasteiger partial charge >= 0.3 is 0 Å². The molecule has 5 heteroatoms. The maximum Gasteiger partial charge on any atom is 0.256 e. The quantitative estimate of drug-likeness (QED) is 0.846. The maximum absolute atomic E-state index is 5.59. The van der Waals surface area contributed by atoms with Crippen LogP contribution in [-0.4, -0.2) is 16.7 Å². The van der Waals surface area contributed by atoms with Crippen molar-refractivity contribution >= 4 is 0 Å². The molecular formula is C14H16N2O3. The molecule has 0 spiro atoms. The molecule has 1 fully saturated rings. The van der Waals surface area contributed by atoms with Crippen LogP contribution >= 0.6 is 0 Å². The summed E-state index contributed by atoms with van der Waals surface area (Å²) in [7, 11) is 0. The molecule has 0 N–H and O–H groups in total. The number of benzene rings is 1. The first-order valence-electron chi connectivity index (χ1n) is 6.45. The van der Waals surface area contributed by atoms with E-state index in [2.05, 4.69) is 17.1 Å². The van der Waals surface area contributed by atoms with Gasteiger partial charge in [-0.3, -0.25) is 0 Å². The molecule has 0 radical (unpaired) electrons. The molecule has 2 atom stereocenters. The molecule has 2 heterocycles. The van der Waals surface area contributed by atoms with Gasteiger partial charge in [-0.2, -0.15) is 4.98 Å². The van der Waals surface area contributed by atoms with Crippen LogP contribution in [0.3, 0.4) is 0 Å². The Morgan fingerprint density at radius 1 is 1.32 bits per heavy atom. The third kappa shape index (κ3) is 2.76. The van der Waals surface area contributed by atoms with Gasteiger partial charge in [0.15, 0.2) is 6.61 Å². The van der Waals surface area contributed by atoms with Crippen molar-refractivity contribution in [3.05, 3.63) is 42.0 Å². The third-order valence-electron chi connectivity index (χ3n) is 3.23. The van der Waals surface area contributed by atoms with Crippen LogP contribution in [0.15, 0.2) is 34.9 Å². The molecule has 0 bridgehead atoms. The smallest absolute Gasteiger partial charge is 0.256 e. The summed E-state index contributed by atoms with van der Waals surface area (Å²) >= 11 is 0. The summed E-state index contributed by atoms with van der Waals surface area (Å²) in [5.74, 6) is 2.31. The van der Waals surface area contributed by atoms with Crippen molar-refractivity contribution < 1.29 is 14.0 Å². The summed E-state index contributed by atoms with van der Waals surface area (Å²) in [5.41, 5.74) is 0. The zero-order chi connectivity index (χ0) is 13.1. The van der Waals surface area contributed by atoms with Crippen molar-refractivity contribution in [1.82, 2.24) is 10.1 Å². The lowest BCUT2D eigenvalue weighted by Crippen LogP contribution is -2.04. The van der Waals surface area contributed by atoms with E-state index in [4.69, 9.17) is 14.0 Å². The highest BCUT2D eigenvalue weighted by molar-refractivity contribution is 5.20. The Morgan fingerprint density at radius 2 is 2.16 bits per heavy atom. The predicted octanol–water partition coefficient (Wildman–Crippen LogP) is 2.75. The maximum atomic E-state index is 5.59. The molecule has 1 aromatic carbocycles. The van der Waals surface area contributed by atoms with E-state index in [0.717, 1.165) is 18.8 Å². The minimum Gasteiger partial charge on any atom is -0.485 e. The van der Waals surface area contributed by atoms with Crippen molar-refractivity contribution in [3.63, 3.8) is 0 Å². The van der Waals surface area contributed by atoms with E-state index >= 15 is 0 Å². The minimum absolute atomic E-state index is 0.0713. The van der Waals surface area contributed by atoms with Gasteiger partial charge in [0.25, 0.3) is 5.89 Å². The highest BCUT2D eigenvalue weighted by atomic mass is 16.5. The summed E-state index contributed by atoms with van der Waals surface area (Å²) in [4.78, 5) is 4.33. The zero-order valence-electron chi connectivity index (χ0n) is 10.8. The third-order valence-corrected chi connectivity index (χ3v) is 3.23. The minimum atomic E-state index is -0.0713. The van der Waals surface area contributed by atoms with Crippen LogP contribution in [0.5, 0.6) is 5.75 Å². The van der Waals surface area contributed by atoms with Crippen LogP contribution in [0.1, 0.15) is 31.2 Å². The van der Waals surface area contributed by atoms with Crippen molar-refractivity contribution in [1.29, 1.82) is 0 Å². The molecular weight excluding hydrogens is 244 g/mol. The normalized spacial score (nSPS) is 22.6. The molecule has 0 saturated carbocycles. The SMILES string of the molecule is CC1CCOC1c1nc(COc2ccccc2)no1. The molecule has 0 amide bonds. The highest BCUT2D eigenvalue weighted by Crippen LogP contribution is 2.32. The standard InChI is InChI=1S/C14H16N2O3/c1-10-7-8-17-13(10)14-15-12(16-19-14)9-18-11-5-3-2-4-6-11/h2-6,10,13H,7-9H2,1H3. The number of rotatable bonds is 4. The molecule has 1 aliphatic rings. The molecule has 2 aromatic rings. The van der Waals surface area contributed by atoms with Gasteiger partial charge in [0.05, 0.1) is 0 Å². The second kappa shape index (κ2) is 5.40. The second-order valence-corrected chi connectivity index (χ2v) is 4.71. The molecule has 1 saturated heterocycles. The van der Waals surface area contributed by atoms with Crippen LogP contribution in [0, 0.1) is 5.92 Å². The molecule has 5 nitrogen and oxygen atoms in total. The first-order valence-corrected chi connectivity index (χ1v) is 6.45. The first kappa shape index (κ1) is 12.2. The summed E-state index contributed by atoms with van der Waals surface area (Å²) < 4.78 is 16.4. The lowest BCUT2D eigenvalue weighted by Gasteiger charge is -2.07. The van der Waals surface area contributed by atoms with E-state index in [1.807, 2.05) is 30.3 Å². The van der Waals surface area contributed by atoms with Gasteiger partial charge in [-0.15, -0.1) is 0 Å². The molecule has 0 aliphatic carbocycles. The van der Waals surface area contributed by atoms with Crippen LogP contribution in [0.4, 0.5) is 0 Å². The Morgan fingerprint density at radius 3 is 2.89 bits per heavy atom. The number of aromatic nitrogens is 2. The highest BCUT2D eigenvalue weighted by Gasteiger charge is 2.30. The van der Waals surface area contributed by atoms with E-state index in [9.17, 15) is 0 Å². The van der Waals surface area contributed by atoms with E-state index in [1.54, 1.807) is 0 Å². The fourth-order valence-corrected chi connectivity index (χ4v) is 2.12. The largest absolute Gasteiger partial charge is 0.485 e. The van der Waals surface area contributed by atoms with E-state index in [1.165, 1.54) is 0 Å². The summed E-state index contributed by atoms with van der Waals surface area (Å²) in [6.07, 6.45) is 0.959. The van der Waals surface area contributed by atoms with Gasteiger partial charge < -0.3 is 14.0 Å². The van der Waals surface area contributed by atoms with Gasteiger partial charge in [0.1, 0.15) is 11.9 Å². The van der Waals surface area contributed by atoms with Crippen LogP contribution < -0.4 is 4.74 Å². The summed E-state index contributed by atoms with van der Waals surface area (Å²) in [6.45, 7) is 3.18. The van der Waals surface area contributed by atoms with Crippen molar-refractivity contribution in [2.75, 3.05) is 6.61 Å². The molecule has 2 unspecified atom stereocenters. The molecule has 3 rings (SSSR count).